The van der Waals surface area contributed by atoms with Gasteiger partial charge < -0.3 is 4.90 Å². The Kier molecular flexibility index (Phi) is 4.91. The molecule has 0 saturated carbocycles. The molecule has 6 heteroatoms. The van der Waals surface area contributed by atoms with Gasteiger partial charge in [0.15, 0.2) is 23.3 Å². The number of anilines is 1. The van der Waals surface area contributed by atoms with Crippen LogP contribution in [0.25, 0.3) is 0 Å². The maximum atomic E-state index is 14.5. The molecule has 3 aromatic rings. The van der Waals surface area contributed by atoms with Crippen LogP contribution in [0.2, 0.25) is 0 Å². The first-order chi connectivity index (χ1) is 14.6. The van der Waals surface area contributed by atoms with Crippen molar-refractivity contribution in [2.75, 3.05) is 4.90 Å². The number of halogens is 4. The summed E-state index contributed by atoms with van der Waals surface area (Å²) < 4.78 is 55.6. The fourth-order valence-corrected chi connectivity index (χ4v) is 4.80. The van der Waals surface area contributed by atoms with Gasteiger partial charge in [-0.2, -0.15) is 0 Å². The molecule has 0 N–H and O–H groups in total. The number of amides is 1. The van der Waals surface area contributed by atoms with E-state index in [9.17, 15) is 22.4 Å². The minimum absolute atomic E-state index is 0.416. The van der Waals surface area contributed by atoms with Gasteiger partial charge in [0, 0.05) is 16.6 Å². The van der Waals surface area contributed by atoms with Gasteiger partial charge in [0.1, 0.15) is 0 Å². The van der Waals surface area contributed by atoms with Crippen LogP contribution in [0.1, 0.15) is 48.7 Å². The Morgan fingerprint density at radius 2 is 1.45 bits per heavy atom. The van der Waals surface area contributed by atoms with Gasteiger partial charge in [-0.25, -0.2) is 17.6 Å². The number of hydrogen-bond donors (Lipinski definition) is 0. The van der Waals surface area contributed by atoms with Crippen molar-refractivity contribution in [1.29, 1.82) is 0 Å². The van der Waals surface area contributed by atoms with E-state index < -0.39 is 45.7 Å². The third kappa shape index (κ3) is 3.21. The molecule has 0 bridgehead atoms. The molecule has 0 unspecified atom stereocenters. The standard InChI is InChI=1S/C25H21F4NO/c1-24(2)14-25(3,15-9-5-4-6-10-15)17-11-7-8-12-19(17)30(24)23(31)16-13-18(26)21(28)22(29)20(16)27/h4-13H,14H2,1-3H3/t25-/m1/s1. The van der Waals surface area contributed by atoms with Crippen molar-refractivity contribution in [3.05, 3.63) is 101 Å². The predicted molar refractivity (Wildman–Crippen MR) is 111 cm³/mol. The smallest absolute Gasteiger partial charge is 0.261 e. The lowest BCUT2D eigenvalue weighted by Crippen LogP contribution is -2.56. The fraction of sp³-hybridized carbons (Fsp3) is 0.240. The lowest BCUT2D eigenvalue weighted by atomic mass is 9.65. The Morgan fingerprint density at radius 1 is 0.839 bits per heavy atom. The van der Waals surface area contributed by atoms with Crippen molar-refractivity contribution in [2.24, 2.45) is 0 Å². The highest BCUT2D eigenvalue weighted by atomic mass is 19.2. The van der Waals surface area contributed by atoms with Crippen LogP contribution in [-0.4, -0.2) is 11.4 Å². The number of rotatable bonds is 2. The highest BCUT2D eigenvalue weighted by Gasteiger charge is 2.48. The van der Waals surface area contributed by atoms with E-state index in [2.05, 4.69) is 6.92 Å². The van der Waals surface area contributed by atoms with Gasteiger partial charge >= 0.3 is 0 Å². The summed E-state index contributed by atoms with van der Waals surface area (Å²) in [5, 5.41) is 0. The summed E-state index contributed by atoms with van der Waals surface area (Å²) >= 11 is 0. The van der Waals surface area contributed by atoms with E-state index in [0.29, 0.717) is 18.2 Å². The number of benzene rings is 3. The van der Waals surface area contributed by atoms with Crippen LogP contribution in [0.3, 0.4) is 0 Å². The Bertz CT molecular complexity index is 1180. The molecule has 3 aromatic carbocycles. The molecule has 1 aliphatic heterocycles. The number of nitrogens with zero attached hydrogens (tertiary/aromatic N) is 1. The van der Waals surface area contributed by atoms with Crippen LogP contribution in [0.15, 0.2) is 60.7 Å². The van der Waals surface area contributed by atoms with Crippen LogP contribution in [0.4, 0.5) is 23.2 Å². The van der Waals surface area contributed by atoms with Crippen LogP contribution in [0.5, 0.6) is 0 Å². The third-order valence-corrected chi connectivity index (χ3v) is 6.08. The molecule has 0 fully saturated rings. The van der Waals surface area contributed by atoms with Crippen molar-refractivity contribution < 1.29 is 22.4 Å². The molecule has 0 aromatic heterocycles. The van der Waals surface area contributed by atoms with Crippen LogP contribution >= 0.6 is 0 Å². The monoisotopic (exact) mass is 427 g/mol. The lowest BCUT2D eigenvalue weighted by Gasteiger charge is -2.51. The van der Waals surface area contributed by atoms with Gasteiger partial charge in [-0.05, 0) is 43.5 Å². The first-order valence-corrected chi connectivity index (χ1v) is 9.90. The summed E-state index contributed by atoms with van der Waals surface area (Å²) in [6.45, 7) is 5.70. The molecule has 0 spiro atoms. The molecular weight excluding hydrogens is 406 g/mol. The maximum Gasteiger partial charge on any atom is 0.261 e. The van der Waals surface area contributed by atoms with Gasteiger partial charge in [0.25, 0.3) is 5.91 Å². The van der Waals surface area contributed by atoms with Crippen molar-refractivity contribution in [1.82, 2.24) is 0 Å². The Morgan fingerprint density at radius 3 is 2.13 bits per heavy atom. The first-order valence-electron chi connectivity index (χ1n) is 9.90. The molecule has 31 heavy (non-hydrogen) atoms. The molecule has 0 aliphatic carbocycles. The molecule has 0 saturated heterocycles. The zero-order valence-corrected chi connectivity index (χ0v) is 17.3. The molecule has 1 aliphatic rings. The summed E-state index contributed by atoms with van der Waals surface area (Å²) in [5.41, 5.74) is 0.243. The molecule has 0 radical (unpaired) electrons. The normalized spacial score (nSPS) is 19.8. The number of carbonyl (C=O) groups excluding carboxylic acids is 1. The quantitative estimate of drug-likeness (QED) is 0.264. The third-order valence-electron chi connectivity index (χ3n) is 6.08. The summed E-state index contributed by atoms with van der Waals surface area (Å²) in [5.74, 6) is -8.18. The van der Waals surface area contributed by atoms with Crippen molar-refractivity contribution in [3.8, 4) is 0 Å². The molecule has 4 rings (SSSR count). The number of fused-ring (bicyclic) bond motifs is 1. The molecule has 2 nitrogen and oxygen atoms in total. The molecule has 1 amide bonds. The Balaban J connectivity index is 1.92. The largest absolute Gasteiger partial charge is 0.302 e. The van der Waals surface area contributed by atoms with Gasteiger partial charge in [0.2, 0.25) is 0 Å². The van der Waals surface area contributed by atoms with Gasteiger partial charge in [0.05, 0.1) is 5.56 Å². The molecule has 1 heterocycles. The average molecular weight is 427 g/mol. The predicted octanol–water partition coefficient (Wildman–Crippen LogP) is 6.38. The number of para-hydroxylation sites is 1. The highest BCUT2D eigenvalue weighted by Crippen LogP contribution is 2.50. The Hall–Kier alpha value is -3.15. The number of carbonyl (C=O) groups is 1. The second-order valence-corrected chi connectivity index (χ2v) is 8.69. The average Bonchev–Trinajstić information content (AvgIpc) is 2.74. The Labute approximate surface area is 178 Å². The first kappa shape index (κ1) is 21.1. The van der Waals surface area contributed by atoms with Gasteiger partial charge in [-0.1, -0.05) is 55.5 Å². The number of hydrogen-bond acceptors (Lipinski definition) is 1. The fourth-order valence-electron chi connectivity index (χ4n) is 4.80. The molecular formula is C25H21F4NO. The van der Waals surface area contributed by atoms with Crippen molar-refractivity contribution >= 4 is 11.6 Å². The highest BCUT2D eigenvalue weighted by molar-refractivity contribution is 6.08. The van der Waals surface area contributed by atoms with Crippen LogP contribution in [-0.2, 0) is 5.41 Å². The summed E-state index contributed by atoms with van der Waals surface area (Å²) in [6.07, 6.45) is 0.473. The van der Waals surface area contributed by atoms with Crippen LogP contribution < -0.4 is 4.90 Å². The molecule has 1 atom stereocenters. The second kappa shape index (κ2) is 7.22. The van der Waals surface area contributed by atoms with E-state index >= 15 is 0 Å². The van der Waals surface area contributed by atoms with E-state index in [1.54, 1.807) is 12.1 Å². The zero-order valence-electron chi connectivity index (χ0n) is 17.3. The second-order valence-electron chi connectivity index (χ2n) is 8.69. The van der Waals surface area contributed by atoms with E-state index in [-0.39, 0.29) is 0 Å². The van der Waals surface area contributed by atoms with E-state index in [0.717, 1.165) is 11.1 Å². The molecule has 160 valence electrons. The SMILES string of the molecule is CC1(C)C[C@](C)(c2ccccc2)c2ccccc2N1C(=O)c1cc(F)c(F)c(F)c1F. The lowest BCUT2D eigenvalue weighted by molar-refractivity contribution is 0.0942. The van der Waals surface area contributed by atoms with Crippen LogP contribution in [0, 0.1) is 23.3 Å². The van der Waals surface area contributed by atoms with Crippen molar-refractivity contribution in [2.45, 2.75) is 38.1 Å². The van der Waals surface area contributed by atoms with E-state index in [1.807, 2.05) is 56.3 Å². The minimum atomic E-state index is -2.00. The van der Waals surface area contributed by atoms with Gasteiger partial charge in [-0.15, -0.1) is 0 Å². The van der Waals surface area contributed by atoms with E-state index in [4.69, 9.17) is 0 Å². The van der Waals surface area contributed by atoms with Crippen molar-refractivity contribution in [3.63, 3.8) is 0 Å². The zero-order chi connectivity index (χ0) is 22.6. The van der Waals surface area contributed by atoms with Gasteiger partial charge in [-0.3, -0.25) is 4.79 Å². The topological polar surface area (TPSA) is 20.3 Å². The minimum Gasteiger partial charge on any atom is -0.302 e. The summed E-state index contributed by atoms with van der Waals surface area (Å²) in [4.78, 5) is 14.7. The summed E-state index contributed by atoms with van der Waals surface area (Å²) in [6, 6.07) is 17.4. The summed E-state index contributed by atoms with van der Waals surface area (Å²) in [7, 11) is 0. The maximum absolute atomic E-state index is 14.5. The van der Waals surface area contributed by atoms with E-state index in [1.165, 1.54) is 4.90 Å².